The van der Waals surface area contributed by atoms with Crippen molar-refractivity contribution in [2.75, 3.05) is 24.6 Å². The van der Waals surface area contributed by atoms with Crippen LogP contribution in [0.25, 0.3) is 0 Å². The van der Waals surface area contributed by atoms with Crippen LogP contribution < -0.4 is 10.2 Å². The number of carbonyl (C=O) groups is 1. The number of piperidine rings is 1. The summed E-state index contributed by atoms with van der Waals surface area (Å²) in [6.45, 7) is 2.71. The monoisotopic (exact) mass is 399 g/mol. The molecule has 0 amide bonds. The molecule has 1 aliphatic carbocycles. The molecule has 1 N–H and O–H groups in total. The zero-order chi connectivity index (χ0) is 20.1. The molecular formula is C20H28F3N3O2. The summed E-state index contributed by atoms with van der Waals surface area (Å²) >= 11 is 0. The van der Waals surface area contributed by atoms with Crippen molar-refractivity contribution < 1.29 is 22.7 Å². The van der Waals surface area contributed by atoms with Gasteiger partial charge in [-0.05, 0) is 38.7 Å². The molecule has 2 heterocycles. The third kappa shape index (κ3) is 4.96. The highest BCUT2D eigenvalue weighted by Gasteiger charge is 2.39. The van der Waals surface area contributed by atoms with Crippen LogP contribution in [0.2, 0.25) is 0 Å². The Morgan fingerprint density at radius 3 is 2.43 bits per heavy atom. The highest BCUT2D eigenvalue weighted by Crippen LogP contribution is 2.36. The molecule has 156 valence electrons. The summed E-state index contributed by atoms with van der Waals surface area (Å²) in [7, 11) is 0. The van der Waals surface area contributed by atoms with Crippen molar-refractivity contribution in [3.63, 3.8) is 0 Å². The third-order valence-electron chi connectivity index (χ3n) is 5.59. The van der Waals surface area contributed by atoms with Crippen molar-refractivity contribution in [2.45, 2.75) is 70.1 Å². The van der Waals surface area contributed by atoms with Gasteiger partial charge in [-0.2, -0.15) is 13.2 Å². The van der Waals surface area contributed by atoms with E-state index >= 15 is 0 Å². The SMILES string of the molecule is CCOC(=O)c1c(C(F)(F)F)ccnc1N1CCC(NC2CCCCC2)CC1. The Labute approximate surface area is 163 Å². The quantitative estimate of drug-likeness (QED) is 0.754. The van der Waals surface area contributed by atoms with Gasteiger partial charge in [-0.25, -0.2) is 9.78 Å². The molecule has 0 radical (unpaired) electrons. The first-order valence-electron chi connectivity index (χ1n) is 10.1. The lowest BCUT2D eigenvalue weighted by atomic mass is 9.93. The summed E-state index contributed by atoms with van der Waals surface area (Å²) in [5, 5.41) is 3.70. The average molecular weight is 399 g/mol. The zero-order valence-corrected chi connectivity index (χ0v) is 16.2. The van der Waals surface area contributed by atoms with Gasteiger partial charge in [-0.3, -0.25) is 0 Å². The largest absolute Gasteiger partial charge is 0.462 e. The van der Waals surface area contributed by atoms with Crippen molar-refractivity contribution in [1.29, 1.82) is 0 Å². The van der Waals surface area contributed by atoms with Gasteiger partial charge in [0.05, 0.1) is 12.2 Å². The Balaban J connectivity index is 1.73. The first kappa shape index (κ1) is 20.9. The van der Waals surface area contributed by atoms with Crippen LogP contribution in [-0.2, 0) is 10.9 Å². The van der Waals surface area contributed by atoms with Crippen molar-refractivity contribution >= 4 is 11.8 Å². The molecule has 0 spiro atoms. The third-order valence-corrected chi connectivity index (χ3v) is 5.59. The van der Waals surface area contributed by atoms with Gasteiger partial charge in [-0.1, -0.05) is 19.3 Å². The van der Waals surface area contributed by atoms with Crippen LogP contribution >= 0.6 is 0 Å². The van der Waals surface area contributed by atoms with E-state index in [4.69, 9.17) is 4.74 Å². The molecule has 2 fully saturated rings. The number of nitrogens with one attached hydrogen (secondary N) is 1. The smallest absolute Gasteiger partial charge is 0.417 e. The fourth-order valence-corrected chi connectivity index (χ4v) is 4.19. The van der Waals surface area contributed by atoms with Gasteiger partial charge in [-0.15, -0.1) is 0 Å². The highest BCUT2D eigenvalue weighted by molar-refractivity contribution is 5.96. The number of carbonyl (C=O) groups excluding carboxylic acids is 1. The Morgan fingerprint density at radius 1 is 1.18 bits per heavy atom. The minimum atomic E-state index is -4.64. The van der Waals surface area contributed by atoms with Gasteiger partial charge in [0, 0.05) is 31.4 Å². The van der Waals surface area contributed by atoms with E-state index in [1.807, 2.05) is 0 Å². The van der Waals surface area contributed by atoms with E-state index in [2.05, 4.69) is 10.3 Å². The van der Waals surface area contributed by atoms with Gasteiger partial charge in [0.25, 0.3) is 0 Å². The molecule has 0 aromatic carbocycles. The lowest BCUT2D eigenvalue weighted by Crippen LogP contribution is -2.47. The number of hydrogen-bond acceptors (Lipinski definition) is 5. The lowest BCUT2D eigenvalue weighted by molar-refractivity contribution is -0.138. The van der Waals surface area contributed by atoms with E-state index in [9.17, 15) is 18.0 Å². The van der Waals surface area contributed by atoms with Crippen molar-refractivity contribution in [3.05, 3.63) is 23.4 Å². The second kappa shape index (κ2) is 9.11. The van der Waals surface area contributed by atoms with Crippen molar-refractivity contribution in [3.8, 4) is 0 Å². The lowest BCUT2D eigenvalue weighted by Gasteiger charge is -2.36. The van der Waals surface area contributed by atoms with Gasteiger partial charge < -0.3 is 15.0 Å². The van der Waals surface area contributed by atoms with Crippen LogP contribution in [0, 0.1) is 0 Å². The number of hydrogen-bond donors (Lipinski definition) is 1. The number of anilines is 1. The summed E-state index contributed by atoms with van der Waals surface area (Å²) in [6.07, 6.45) is 4.32. The second-order valence-electron chi connectivity index (χ2n) is 7.54. The molecule has 1 aliphatic heterocycles. The van der Waals surface area contributed by atoms with Crippen LogP contribution in [0.1, 0.15) is 67.8 Å². The molecule has 1 aromatic heterocycles. The number of rotatable bonds is 5. The highest BCUT2D eigenvalue weighted by atomic mass is 19.4. The number of esters is 1. The summed E-state index contributed by atoms with van der Waals surface area (Å²) in [6, 6.07) is 1.75. The molecule has 1 saturated carbocycles. The molecule has 3 rings (SSSR count). The maximum Gasteiger partial charge on any atom is 0.417 e. The minimum absolute atomic E-state index is 0.0118. The fourth-order valence-electron chi connectivity index (χ4n) is 4.19. The number of halogens is 3. The van der Waals surface area contributed by atoms with Crippen LogP contribution in [0.5, 0.6) is 0 Å². The summed E-state index contributed by atoms with van der Waals surface area (Å²) in [5.41, 5.74) is -1.46. The predicted molar refractivity (Wildman–Crippen MR) is 100 cm³/mol. The number of aromatic nitrogens is 1. The molecule has 8 heteroatoms. The summed E-state index contributed by atoms with van der Waals surface area (Å²) < 4.78 is 45.3. The van der Waals surface area contributed by atoms with E-state index in [1.165, 1.54) is 32.1 Å². The molecular weight excluding hydrogens is 371 g/mol. The summed E-state index contributed by atoms with van der Waals surface area (Å²) in [5.74, 6) is -0.898. The zero-order valence-electron chi connectivity index (χ0n) is 16.2. The second-order valence-corrected chi connectivity index (χ2v) is 7.54. The standard InChI is InChI=1S/C20H28F3N3O2/c1-2-28-19(27)17-16(20(21,22)23)8-11-24-18(17)26-12-9-15(10-13-26)25-14-6-4-3-5-7-14/h8,11,14-15,25H,2-7,9-10,12-13H2,1H3. The topological polar surface area (TPSA) is 54.5 Å². The van der Waals surface area contributed by atoms with Gasteiger partial charge in [0.1, 0.15) is 11.4 Å². The Morgan fingerprint density at radius 2 is 1.82 bits per heavy atom. The molecule has 2 aliphatic rings. The Kier molecular flexibility index (Phi) is 6.80. The molecule has 5 nitrogen and oxygen atoms in total. The molecule has 0 bridgehead atoms. The van der Waals surface area contributed by atoms with E-state index in [0.717, 1.165) is 25.1 Å². The maximum atomic E-state index is 13.5. The van der Waals surface area contributed by atoms with Crippen molar-refractivity contribution in [1.82, 2.24) is 10.3 Å². The minimum Gasteiger partial charge on any atom is -0.462 e. The van der Waals surface area contributed by atoms with Crippen LogP contribution in [0.15, 0.2) is 12.3 Å². The predicted octanol–water partition coefficient (Wildman–Crippen LogP) is 4.17. The Hall–Kier alpha value is -1.83. The number of nitrogens with zero attached hydrogens (tertiary/aromatic N) is 2. The first-order chi connectivity index (χ1) is 13.4. The first-order valence-corrected chi connectivity index (χ1v) is 10.1. The molecule has 1 saturated heterocycles. The van der Waals surface area contributed by atoms with Crippen LogP contribution in [0.4, 0.5) is 19.0 Å². The van der Waals surface area contributed by atoms with Gasteiger partial charge in [0.2, 0.25) is 0 Å². The Bertz CT molecular complexity index is 667. The van der Waals surface area contributed by atoms with Crippen LogP contribution in [0.3, 0.4) is 0 Å². The van der Waals surface area contributed by atoms with Crippen LogP contribution in [-0.4, -0.2) is 42.7 Å². The van der Waals surface area contributed by atoms with Gasteiger partial charge >= 0.3 is 12.1 Å². The molecule has 28 heavy (non-hydrogen) atoms. The fraction of sp³-hybridized carbons (Fsp3) is 0.700. The van der Waals surface area contributed by atoms with E-state index < -0.39 is 23.3 Å². The normalized spacial score (nSPS) is 19.6. The van der Waals surface area contributed by atoms with E-state index in [0.29, 0.717) is 25.2 Å². The summed E-state index contributed by atoms with van der Waals surface area (Å²) in [4.78, 5) is 18.2. The maximum absolute atomic E-state index is 13.5. The van der Waals surface area contributed by atoms with Crippen molar-refractivity contribution in [2.24, 2.45) is 0 Å². The van der Waals surface area contributed by atoms with E-state index in [1.54, 1.807) is 11.8 Å². The molecule has 0 atom stereocenters. The van der Waals surface area contributed by atoms with E-state index in [-0.39, 0.29) is 12.4 Å². The molecule has 1 aromatic rings. The van der Waals surface area contributed by atoms with Gasteiger partial charge in [0.15, 0.2) is 0 Å². The number of alkyl halides is 3. The number of pyridine rings is 1. The molecule has 0 unspecified atom stereocenters. The average Bonchev–Trinajstić information content (AvgIpc) is 2.68. The number of ether oxygens (including phenoxy) is 1.